The lowest BCUT2D eigenvalue weighted by atomic mass is 9.86. The SMILES string of the molecule is COC(=O)C1CCC(Nc2nccc(C)c2Br)CC1. The monoisotopic (exact) mass is 326 g/mol. The zero-order chi connectivity index (χ0) is 13.8. The molecule has 0 saturated heterocycles. The number of rotatable bonds is 3. The summed E-state index contributed by atoms with van der Waals surface area (Å²) in [6.45, 7) is 2.05. The molecule has 1 aliphatic rings. The molecule has 0 aromatic carbocycles. The van der Waals surface area contributed by atoms with E-state index in [9.17, 15) is 4.79 Å². The highest BCUT2D eigenvalue weighted by Crippen LogP contribution is 2.30. The van der Waals surface area contributed by atoms with Gasteiger partial charge in [-0.15, -0.1) is 0 Å². The number of pyridine rings is 1. The van der Waals surface area contributed by atoms with Crippen molar-refractivity contribution in [3.05, 3.63) is 22.3 Å². The smallest absolute Gasteiger partial charge is 0.308 e. The molecule has 1 aromatic heterocycles. The van der Waals surface area contributed by atoms with Gasteiger partial charge in [0, 0.05) is 12.2 Å². The van der Waals surface area contributed by atoms with Crippen molar-refractivity contribution in [2.24, 2.45) is 5.92 Å². The van der Waals surface area contributed by atoms with Crippen molar-refractivity contribution in [1.82, 2.24) is 4.98 Å². The number of halogens is 1. The lowest BCUT2D eigenvalue weighted by Gasteiger charge is -2.28. The van der Waals surface area contributed by atoms with Gasteiger partial charge in [0.2, 0.25) is 0 Å². The van der Waals surface area contributed by atoms with Crippen LogP contribution in [0.25, 0.3) is 0 Å². The number of ether oxygens (including phenoxy) is 1. The number of nitrogens with one attached hydrogen (secondary N) is 1. The van der Waals surface area contributed by atoms with Crippen LogP contribution >= 0.6 is 15.9 Å². The highest BCUT2D eigenvalue weighted by Gasteiger charge is 2.27. The standard InChI is InChI=1S/C14H19BrN2O2/c1-9-7-8-16-13(12(9)15)17-11-5-3-10(4-6-11)14(18)19-2/h7-8,10-11H,3-6H2,1-2H3,(H,16,17). The summed E-state index contributed by atoms with van der Waals surface area (Å²) in [5, 5.41) is 3.46. The van der Waals surface area contributed by atoms with Crippen LogP contribution in [0.2, 0.25) is 0 Å². The van der Waals surface area contributed by atoms with E-state index in [1.165, 1.54) is 12.7 Å². The molecule has 1 fully saturated rings. The minimum atomic E-state index is -0.0756. The molecule has 0 bridgehead atoms. The fourth-order valence-electron chi connectivity index (χ4n) is 2.47. The van der Waals surface area contributed by atoms with E-state index in [0.29, 0.717) is 6.04 Å². The summed E-state index contributed by atoms with van der Waals surface area (Å²) in [4.78, 5) is 15.8. The average molecular weight is 327 g/mol. The number of esters is 1. The Hall–Kier alpha value is -1.10. The molecule has 1 saturated carbocycles. The quantitative estimate of drug-likeness (QED) is 0.866. The van der Waals surface area contributed by atoms with Crippen molar-refractivity contribution in [3.63, 3.8) is 0 Å². The van der Waals surface area contributed by atoms with Gasteiger partial charge in [0.15, 0.2) is 0 Å². The predicted octanol–water partition coefficient (Wildman–Crippen LogP) is 3.30. The van der Waals surface area contributed by atoms with E-state index >= 15 is 0 Å². The Labute approximate surface area is 122 Å². The van der Waals surface area contributed by atoms with Crippen LogP contribution in [-0.4, -0.2) is 24.1 Å². The molecule has 2 rings (SSSR count). The number of hydrogen-bond acceptors (Lipinski definition) is 4. The Morgan fingerprint density at radius 2 is 2.11 bits per heavy atom. The molecule has 0 aliphatic heterocycles. The van der Waals surface area contributed by atoms with Crippen LogP contribution in [0.5, 0.6) is 0 Å². The number of anilines is 1. The molecule has 0 spiro atoms. The lowest BCUT2D eigenvalue weighted by Crippen LogP contribution is -2.30. The molecular formula is C14H19BrN2O2. The van der Waals surface area contributed by atoms with Crippen LogP contribution in [-0.2, 0) is 9.53 Å². The molecule has 1 aromatic rings. The Morgan fingerprint density at radius 3 is 2.74 bits per heavy atom. The molecule has 0 atom stereocenters. The minimum Gasteiger partial charge on any atom is -0.469 e. The average Bonchev–Trinajstić information content (AvgIpc) is 2.44. The lowest BCUT2D eigenvalue weighted by molar-refractivity contribution is -0.146. The van der Waals surface area contributed by atoms with Gasteiger partial charge in [0.25, 0.3) is 0 Å². The molecule has 1 aliphatic carbocycles. The second-order valence-corrected chi connectivity index (χ2v) is 5.80. The van der Waals surface area contributed by atoms with Crippen LogP contribution in [0, 0.1) is 12.8 Å². The Kier molecular flexibility index (Phi) is 4.80. The Morgan fingerprint density at radius 1 is 1.42 bits per heavy atom. The normalized spacial score (nSPS) is 22.9. The summed E-state index contributed by atoms with van der Waals surface area (Å²) in [7, 11) is 1.46. The molecule has 1 heterocycles. The zero-order valence-electron chi connectivity index (χ0n) is 11.3. The number of aromatic nitrogens is 1. The fraction of sp³-hybridized carbons (Fsp3) is 0.571. The first kappa shape index (κ1) is 14.3. The summed E-state index contributed by atoms with van der Waals surface area (Å²) >= 11 is 3.55. The first-order chi connectivity index (χ1) is 9.11. The van der Waals surface area contributed by atoms with Crippen LogP contribution in [0.4, 0.5) is 5.82 Å². The second-order valence-electron chi connectivity index (χ2n) is 5.01. The van der Waals surface area contributed by atoms with Crippen molar-refractivity contribution >= 4 is 27.7 Å². The van der Waals surface area contributed by atoms with Crippen LogP contribution in [0.1, 0.15) is 31.2 Å². The number of nitrogens with zero attached hydrogens (tertiary/aromatic N) is 1. The topological polar surface area (TPSA) is 51.2 Å². The number of carbonyl (C=O) groups excluding carboxylic acids is 1. The fourth-order valence-corrected chi connectivity index (χ4v) is 2.82. The number of aryl methyl sites for hydroxylation is 1. The maximum atomic E-state index is 11.5. The summed E-state index contributed by atoms with van der Waals surface area (Å²) < 4.78 is 5.82. The molecule has 104 valence electrons. The third-order valence-electron chi connectivity index (χ3n) is 3.68. The van der Waals surface area contributed by atoms with Crippen molar-refractivity contribution in [1.29, 1.82) is 0 Å². The van der Waals surface area contributed by atoms with E-state index in [1.807, 2.05) is 19.2 Å². The predicted molar refractivity (Wildman–Crippen MR) is 78.1 cm³/mol. The van der Waals surface area contributed by atoms with Crippen molar-refractivity contribution in [2.45, 2.75) is 38.6 Å². The van der Waals surface area contributed by atoms with Crippen LogP contribution in [0.3, 0.4) is 0 Å². The summed E-state index contributed by atoms with van der Waals surface area (Å²) in [6, 6.07) is 2.36. The maximum absolute atomic E-state index is 11.5. The van der Waals surface area contributed by atoms with E-state index in [1.54, 1.807) is 0 Å². The van der Waals surface area contributed by atoms with Crippen LogP contribution in [0.15, 0.2) is 16.7 Å². The van der Waals surface area contributed by atoms with Crippen molar-refractivity contribution in [2.75, 3.05) is 12.4 Å². The summed E-state index contributed by atoms with van der Waals surface area (Å²) in [5.74, 6) is 0.881. The third-order valence-corrected chi connectivity index (χ3v) is 4.69. The first-order valence-corrected chi connectivity index (χ1v) is 7.36. The Balaban J connectivity index is 1.92. The van der Waals surface area contributed by atoms with Gasteiger partial charge in [-0.3, -0.25) is 4.79 Å². The molecule has 0 radical (unpaired) electrons. The van der Waals surface area contributed by atoms with Crippen molar-refractivity contribution in [3.8, 4) is 0 Å². The summed E-state index contributed by atoms with van der Waals surface area (Å²) in [5.41, 5.74) is 1.17. The third kappa shape index (κ3) is 3.47. The van der Waals surface area contributed by atoms with Gasteiger partial charge in [-0.05, 0) is 60.2 Å². The van der Waals surface area contributed by atoms with Crippen molar-refractivity contribution < 1.29 is 9.53 Å². The van der Waals surface area contributed by atoms with Gasteiger partial charge in [0.1, 0.15) is 5.82 Å². The van der Waals surface area contributed by atoms with E-state index in [0.717, 1.165) is 36.0 Å². The van der Waals surface area contributed by atoms with E-state index < -0.39 is 0 Å². The molecular weight excluding hydrogens is 308 g/mol. The molecule has 0 amide bonds. The highest BCUT2D eigenvalue weighted by molar-refractivity contribution is 9.10. The zero-order valence-corrected chi connectivity index (χ0v) is 12.9. The summed E-state index contributed by atoms with van der Waals surface area (Å²) in [6.07, 6.45) is 5.52. The van der Waals surface area contributed by atoms with Gasteiger partial charge < -0.3 is 10.1 Å². The molecule has 4 nitrogen and oxygen atoms in total. The molecule has 0 unspecified atom stereocenters. The van der Waals surface area contributed by atoms with E-state index in [2.05, 4.69) is 26.2 Å². The van der Waals surface area contributed by atoms with E-state index in [-0.39, 0.29) is 11.9 Å². The minimum absolute atomic E-state index is 0.0666. The van der Waals surface area contributed by atoms with Gasteiger partial charge >= 0.3 is 5.97 Å². The molecule has 5 heteroatoms. The number of methoxy groups -OCH3 is 1. The van der Waals surface area contributed by atoms with Crippen LogP contribution < -0.4 is 5.32 Å². The Bertz CT molecular complexity index is 457. The van der Waals surface area contributed by atoms with Gasteiger partial charge in [-0.2, -0.15) is 0 Å². The van der Waals surface area contributed by atoms with Gasteiger partial charge in [0.05, 0.1) is 17.5 Å². The molecule has 1 N–H and O–H groups in total. The number of hydrogen-bond donors (Lipinski definition) is 1. The maximum Gasteiger partial charge on any atom is 0.308 e. The number of carbonyl (C=O) groups is 1. The second kappa shape index (κ2) is 6.37. The first-order valence-electron chi connectivity index (χ1n) is 6.57. The molecule has 19 heavy (non-hydrogen) atoms. The van der Waals surface area contributed by atoms with Gasteiger partial charge in [-0.25, -0.2) is 4.98 Å². The highest BCUT2D eigenvalue weighted by atomic mass is 79.9. The van der Waals surface area contributed by atoms with Gasteiger partial charge in [-0.1, -0.05) is 0 Å². The van der Waals surface area contributed by atoms with E-state index in [4.69, 9.17) is 4.74 Å². The largest absolute Gasteiger partial charge is 0.469 e.